The molecule has 2 rings (SSSR count). The zero-order valence-corrected chi connectivity index (χ0v) is 12.0. The summed E-state index contributed by atoms with van der Waals surface area (Å²) in [5.41, 5.74) is -0.434. The number of diazo groups is 1. The van der Waals surface area contributed by atoms with Crippen LogP contribution >= 0.6 is 18.7 Å². The average molecular weight is 306 g/mol. The Morgan fingerprint density at radius 3 is 1.70 bits per heavy atom. The predicted octanol–water partition coefficient (Wildman–Crippen LogP) is 3.78. The number of hydrogen-bond donors (Lipinski definition) is 1. The third kappa shape index (κ3) is 2.46. The van der Waals surface area contributed by atoms with Crippen LogP contribution in [0.3, 0.4) is 0 Å². The van der Waals surface area contributed by atoms with Crippen molar-refractivity contribution >= 4 is 29.4 Å². The summed E-state index contributed by atoms with van der Waals surface area (Å²) in [6, 6.07) is 17.0. The van der Waals surface area contributed by atoms with Crippen LogP contribution in [-0.2, 0) is 4.57 Å². The highest BCUT2D eigenvalue weighted by atomic mass is 35.5. The van der Waals surface area contributed by atoms with Crippen LogP contribution in [0.25, 0.3) is 4.98 Å². The minimum atomic E-state index is -3.51. The number of benzene rings is 2. The van der Waals surface area contributed by atoms with E-state index in [4.69, 9.17) is 17.0 Å². The van der Waals surface area contributed by atoms with Gasteiger partial charge < -0.3 is 9.67 Å². The second-order valence-corrected chi connectivity index (χ2v) is 7.03. The summed E-state index contributed by atoms with van der Waals surface area (Å²) in [7, 11) is -3.51. The number of hydrogen-bond acceptors (Lipinski definition) is 3. The summed E-state index contributed by atoms with van der Waals surface area (Å²) in [4.78, 5) is 2.95. The van der Waals surface area contributed by atoms with Crippen LogP contribution in [0.1, 0.15) is 0 Å². The summed E-state index contributed by atoms with van der Waals surface area (Å²) in [6.45, 7) is 0. The molecule has 0 saturated heterocycles. The van der Waals surface area contributed by atoms with Crippen molar-refractivity contribution in [2.75, 3.05) is 0 Å². The van der Waals surface area contributed by atoms with Crippen LogP contribution in [0.5, 0.6) is 0 Å². The molecule has 0 aliphatic rings. The van der Waals surface area contributed by atoms with E-state index in [1.807, 2.05) is 0 Å². The summed E-state index contributed by atoms with van der Waals surface area (Å²) < 4.78 is 13.4. The Morgan fingerprint density at radius 2 is 1.40 bits per heavy atom. The molecule has 20 heavy (non-hydrogen) atoms. The quantitative estimate of drug-likeness (QED) is 0.533. The zero-order chi connectivity index (χ0) is 14.6. The van der Waals surface area contributed by atoms with E-state index in [0.29, 0.717) is 10.6 Å². The third-order valence-corrected chi connectivity index (χ3v) is 6.08. The van der Waals surface area contributed by atoms with Gasteiger partial charge in [-0.25, -0.2) is 0 Å². The van der Waals surface area contributed by atoms with Gasteiger partial charge in [-0.3, -0.25) is 0 Å². The fourth-order valence-corrected chi connectivity index (χ4v) is 4.66. The lowest BCUT2D eigenvalue weighted by atomic mass is 10.4. The smallest absolute Gasteiger partial charge is 0.477 e. The molecule has 0 aliphatic carbocycles. The summed E-state index contributed by atoms with van der Waals surface area (Å²) >= 11 is 5.54. The Balaban J connectivity index is 2.79. The second-order valence-electron chi connectivity index (χ2n) is 3.99. The van der Waals surface area contributed by atoms with E-state index >= 15 is 0 Å². The van der Waals surface area contributed by atoms with E-state index in [1.165, 1.54) is 0 Å². The van der Waals surface area contributed by atoms with Gasteiger partial charge in [0.1, 0.15) is 0 Å². The minimum absolute atomic E-state index is 0.422. The normalized spacial score (nSPS) is 12.4. The zero-order valence-electron chi connectivity index (χ0n) is 10.3. The first kappa shape index (κ1) is 14.3. The molecule has 0 spiro atoms. The van der Waals surface area contributed by atoms with Crippen LogP contribution in [0.15, 0.2) is 71.3 Å². The van der Waals surface area contributed by atoms with Crippen molar-refractivity contribution in [2.45, 2.75) is 0 Å². The number of nitrogens with zero attached hydrogens (tertiary/aromatic N) is 2. The maximum atomic E-state index is 13.4. The SMILES string of the molecule is N#[N+]/C(=C(/O)Cl)P(=O)(c1ccccc1)c1ccccc1. The molecule has 0 aromatic heterocycles. The predicted molar refractivity (Wildman–Crippen MR) is 80.4 cm³/mol. The Morgan fingerprint density at radius 1 is 1.00 bits per heavy atom. The Hall–Kier alpha value is -2.08. The molecule has 0 saturated carbocycles. The van der Waals surface area contributed by atoms with E-state index in [-0.39, 0.29) is 0 Å². The van der Waals surface area contributed by atoms with Gasteiger partial charge in [0, 0.05) is 10.6 Å². The maximum Gasteiger partial charge on any atom is 0.477 e. The molecule has 0 amide bonds. The maximum absolute atomic E-state index is 13.4. The molecule has 0 fully saturated rings. The highest BCUT2D eigenvalue weighted by molar-refractivity contribution is 7.82. The summed E-state index contributed by atoms with van der Waals surface area (Å²) in [6.07, 6.45) is 0. The van der Waals surface area contributed by atoms with Gasteiger partial charge in [0.05, 0.1) is 0 Å². The Kier molecular flexibility index (Phi) is 4.24. The first-order chi connectivity index (χ1) is 9.60. The first-order valence-electron chi connectivity index (χ1n) is 5.76. The molecule has 100 valence electrons. The third-order valence-electron chi connectivity index (χ3n) is 2.82. The topological polar surface area (TPSA) is 65.4 Å². The van der Waals surface area contributed by atoms with Crippen LogP contribution in [0.4, 0.5) is 0 Å². The lowest BCUT2D eigenvalue weighted by Gasteiger charge is -2.11. The van der Waals surface area contributed by atoms with Crippen LogP contribution in [0.2, 0.25) is 0 Å². The molecule has 0 unspecified atom stereocenters. The van der Waals surface area contributed by atoms with E-state index in [2.05, 4.69) is 4.98 Å². The largest absolute Gasteiger partial charge is 0.493 e. The Bertz CT molecular complexity index is 676. The van der Waals surface area contributed by atoms with Gasteiger partial charge in [0.15, 0.2) is 4.98 Å². The lowest BCUT2D eigenvalue weighted by molar-refractivity contribution is 0.450. The van der Waals surface area contributed by atoms with Crippen molar-refractivity contribution in [3.8, 4) is 0 Å². The molecule has 0 aliphatic heterocycles. The van der Waals surface area contributed by atoms with Crippen molar-refractivity contribution in [2.24, 2.45) is 0 Å². The van der Waals surface area contributed by atoms with E-state index in [1.54, 1.807) is 60.7 Å². The second kappa shape index (κ2) is 5.92. The highest BCUT2D eigenvalue weighted by Crippen LogP contribution is 2.53. The number of aliphatic hydroxyl groups excluding tert-OH is 1. The Labute approximate surface area is 121 Å². The van der Waals surface area contributed by atoms with Crippen molar-refractivity contribution < 1.29 is 9.67 Å². The van der Waals surface area contributed by atoms with E-state index < -0.39 is 17.8 Å². The summed E-state index contributed by atoms with van der Waals surface area (Å²) in [5.74, 6) is 0. The fourth-order valence-electron chi connectivity index (χ4n) is 1.90. The van der Waals surface area contributed by atoms with E-state index in [9.17, 15) is 9.67 Å². The van der Waals surface area contributed by atoms with Gasteiger partial charge in [-0.1, -0.05) is 60.7 Å². The minimum Gasteiger partial charge on any atom is -0.493 e. The summed E-state index contributed by atoms with van der Waals surface area (Å²) in [5, 5.41) is 18.7. The highest BCUT2D eigenvalue weighted by Gasteiger charge is 2.45. The molecule has 1 N–H and O–H groups in total. The molecule has 0 bridgehead atoms. The standard InChI is InChI=1S/C14H10ClN2O2P/c15-13(18)14(17-16)20(19,11-7-3-1-4-8-11)12-9-5-2-6-10-12/h1-10H/p+1. The molecule has 0 radical (unpaired) electrons. The van der Waals surface area contributed by atoms with Crippen LogP contribution in [0, 0.1) is 5.39 Å². The molecular formula is C14H11ClN2O2P+. The fraction of sp³-hybridized carbons (Fsp3) is 0. The average Bonchev–Trinajstić information content (AvgIpc) is 2.49. The molecule has 2 aromatic rings. The van der Waals surface area contributed by atoms with Gasteiger partial charge in [-0.2, -0.15) is 0 Å². The molecule has 6 heteroatoms. The van der Waals surface area contributed by atoms with Gasteiger partial charge in [-0.15, -0.1) is 0 Å². The van der Waals surface area contributed by atoms with Gasteiger partial charge >= 0.3 is 5.44 Å². The molecule has 2 aromatic carbocycles. The van der Waals surface area contributed by atoms with Crippen LogP contribution < -0.4 is 10.6 Å². The number of rotatable bonds is 3. The van der Waals surface area contributed by atoms with Crippen LogP contribution in [-0.4, -0.2) is 5.11 Å². The molecule has 0 atom stereocenters. The first-order valence-corrected chi connectivity index (χ1v) is 7.85. The molecule has 4 nitrogen and oxygen atoms in total. The van der Waals surface area contributed by atoms with Crippen molar-refractivity contribution in [3.63, 3.8) is 0 Å². The van der Waals surface area contributed by atoms with Crippen molar-refractivity contribution in [3.05, 3.63) is 76.3 Å². The molecule has 0 heterocycles. The molecular weight excluding hydrogens is 295 g/mol. The lowest BCUT2D eigenvalue weighted by Crippen LogP contribution is -2.17. The number of halogens is 1. The van der Waals surface area contributed by atoms with Gasteiger partial charge in [-0.05, 0) is 11.6 Å². The monoisotopic (exact) mass is 305 g/mol. The van der Waals surface area contributed by atoms with Crippen molar-refractivity contribution in [1.29, 1.82) is 5.39 Å². The number of aliphatic hydroxyl groups is 1. The van der Waals surface area contributed by atoms with E-state index in [0.717, 1.165) is 0 Å². The van der Waals surface area contributed by atoms with Crippen molar-refractivity contribution in [1.82, 2.24) is 0 Å². The van der Waals surface area contributed by atoms with Gasteiger partial charge in [0.25, 0.3) is 12.4 Å². The van der Waals surface area contributed by atoms with Gasteiger partial charge in [0.2, 0.25) is 5.39 Å².